The Kier molecular flexibility index (Phi) is 6.67. The van der Waals surface area contributed by atoms with E-state index < -0.39 is 6.10 Å². The van der Waals surface area contributed by atoms with Gasteiger partial charge in [0.05, 0.1) is 7.11 Å². The molecule has 0 aliphatic rings. The van der Waals surface area contributed by atoms with Crippen LogP contribution < -0.4 is 14.8 Å². The van der Waals surface area contributed by atoms with E-state index in [1.54, 1.807) is 13.2 Å². The van der Waals surface area contributed by atoms with E-state index >= 15 is 0 Å². The third-order valence-corrected chi connectivity index (χ3v) is 3.16. The van der Waals surface area contributed by atoms with E-state index in [1.807, 2.05) is 18.2 Å². The quantitative estimate of drug-likeness (QED) is 0.757. The van der Waals surface area contributed by atoms with Gasteiger partial charge in [0.25, 0.3) is 0 Å². The molecule has 2 N–H and O–H groups in total. The van der Waals surface area contributed by atoms with Crippen LogP contribution in [0.4, 0.5) is 0 Å². The lowest BCUT2D eigenvalue weighted by Gasteiger charge is -2.20. The van der Waals surface area contributed by atoms with Gasteiger partial charge in [0, 0.05) is 18.7 Å². The van der Waals surface area contributed by atoms with Crippen molar-refractivity contribution in [1.29, 1.82) is 0 Å². The maximum Gasteiger partial charge on any atom is 0.123 e. The van der Waals surface area contributed by atoms with Crippen LogP contribution in [0.2, 0.25) is 0 Å². The molecular weight excluding hydrogens is 242 g/mol. The summed E-state index contributed by atoms with van der Waals surface area (Å²) in [6, 6.07) is 7.75. The van der Waals surface area contributed by atoms with E-state index in [1.165, 1.54) is 0 Å². The number of aliphatic hydroxyl groups excluding tert-OH is 1. The number of benzene rings is 1. The number of ether oxygens (including phenoxy) is 2. The van der Waals surface area contributed by atoms with Crippen molar-refractivity contribution in [1.82, 2.24) is 5.32 Å². The third kappa shape index (κ3) is 5.94. The fraction of sp³-hybridized carbons (Fsp3) is 0.600. The second-order valence-electron chi connectivity index (χ2n) is 5.08. The molecule has 0 saturated heterocycles. The number of methoxy groups -OCH3 is 1. The molecule has 1 aromatic rings. The molecule has 4 heteroatoms. The van der Waals surface area contributed by atoms with E-state index in [9.17, 15) is 5.11 Å². The average Bonchev–Trinajstić information content (AvgIpc) is 2.42. The van der Waals surface area contributed by atoms with Crippen LogP contribution in [0.15, 0.2) is 24.3 Å². The summed E-state index contributed by atoms with van der Waals surface area (Å²) in [4.78, 5) is 0. The Morgan fingerprint density at radius 3 is 2.53 bits per heavy atom. The molecule has 0 bridgehead atoms. The number of hydrogen-bond acceptors (Lipinski definition) is 4. The average molecular weight is 267 g/mol. The minimum atomic E-state index is -0.521. The molecule has 0 saturated carbocycles. The van der Waals surface area contributed by atoms with Crippen molar-refractivity contribution in [3.8, 4) is 11.5 Å². The monoisotopic (exact) mass is 267 g/mol. The third-order valence-electron chi connectivity index (χ3n) is 3.16. The molecule has 108 valence electrons. The topological polar surface area (TPSA) is 50.7 Å². The molecule has 0 heterocycles. The molecule has 0 spiro atoms. The van der Waals surface area contributed by atoms with Crippen molar-refractivity contribution in [2.24, 2.45) is 5.92 Å². The SMILES string of the molecule is COc1cccc(OCC(O)CNC(C)C(C)C)c1. The molecule has 0 aliphatic heterocycles. The fourth-order valence-corrected chi connectivity index (χ4v) is 1.50. The molecular formula is C15H25NO3. The molecule has 1 rings (SSSR count). The summed E-state index contributed by atoms with van der Waals surface area (Å²) >= 11 is 0. The van der Waals surface area contributed by atoms with Gasteiger partial charge in [-0.15, -0.1) is 0 Å². The Hall–Kier alpha value is -1.26. The summed E-state index contributed by atoms with van der Waals surface area (Å²) in [5, 5.41) is 13.1. The highest BCUT2D eigenvalue weighted by Gasteiger charge is 2.10. The molecule has 2 unspecified atom stereocenters. The van der Waals surface area contributed by atoms with Gasteiger partial charge in [-0.1, -0.05) is 19.9 Å². The Morgan fingerprint density at radius 2 is 1.89 bits per heavy atom. The molecule has 0 amide bonds. The van der Waals surface area contributed by atoms with E-state index in [0.29, 0.717) is 24.3 Å². The lowest BCUT2D eigenvalue weighted by Crippen LogP contribution is -2.38. The zero-order valence-electron chi connectivity index (χ0n) is 12.2. The number of rotatable bonds is 8. The predicted octanol–water partition coefficient (Wildman–Crippen LogP) is 2.07. The largest absolute Gasteiger partial charge is 0.497 e. The highest BCUT2D eigenvalue weighted by Crippen LogP contribution is 2.18. The zero-order valence-corrected chi connectivity index (χ0v) is 12.2. The molecule has 1 aromatic carbocycles. The van der Waals surface area contributed by atoms with Crippen LogP contribution in [-0.4, -0.2) is 37.5 Å². The first-order valence-corrected chi connectivity index (χ1v) is 6.71. The maximum atomic E-state index is 9.85. The summed E-state index contributed by atoms with van der Waals surface area (Å²) in [5.41, 5.74) is 0. The first-order chi connectivity index (χ1) is 9.02. The van der Waals surface area contributed by atoms with Gasteiger partial charge in [-0.3, -0.25) is 0 Å². The number of hydrogen-bond donors (Lipinski definition) is 2. The Morgan fingerprint density at radius 1 is 1.21 bits per heavy atom. The predicted molar refractivity (Wildman–Crippen MR) is 76.8 cm³/mol. The van der Waals surface area contributed by atoms with Crippen LogP contribution in [0.1, 0.15) is 20.8 Å². The van der Waals surface area contributed by atoms with Crippen molar-refractivity contribution < 1.29 is 14.6 Å². The van der Waals surface area contributed by atoms with Gasteiger partial charge < -0.3 is 19.9 Å². The highest BCUT2D eigenvalue weighted by atomic mass is 16.5. The van der Waals surface area contributed by atoms with Crippen molar-refractivity contribution in [3.63, 3.8) is 0 Å². The van der Waals surface area contributed by atoms with Crippen molar-refractivity contribution in [2.45, 2.75) is 32.9 Å². The van der Waals surface area contributed by atoms with Gasteiger partial charge in [0.2, 0.25) is 0 Å². The van der Waals surface area contributed by atoms with Gasteiger partial charge in [0.15, 0.2) is 0 Å². The molecule has 0 aromatic heterocycles. The highest BCUT2D eigenvalue weighted by molar-refractivity contribution is 5.32. The standard InChI is InChI=1S/C15H25NO3/c1-11(2)12(3)16-9-13(17)10-19-15-7-5-6-14(8-15)18-4/h5-8,11-13,16-17H,9-10H2,1-4H3. The second kappa shape index (κ2) is 8.02. The normalized spacial score (nSPS) is 14.2. The Balaban J connectivity index is 2.31. The first-order valence-electron chi connectivity index (χ1n) is 6.71. The fourth-order valence-electron chi connectivity index (χ4n) is 1.50. The van der Waals surface area contributed by atoms with Crippen molar-refractivity contribution in [2.75, 3.05) is 20.3 Å². The Bertz CT molecular complexity index is 368. The van der Waals surface area contributed by atoms with Gasteiger partial charge in [0.1, 0.15) is 24.2 Å². The van der Waals surface area contributed by atoms with Crippen molar-refractivity contribution >= 4 is 0 Å². The van der Waals surface area contributed by atoms with Crippen LogP contribution in [0.25, 0.3) is 0 Å². The van der Waals surface area contributed by atoms with Gasteiger partial charge in [-0.2, -0.15) is 0 Å². The minimum absolute atomic E-state index is 0.269. The molecule has 2 atom stereocenters. The Labute approximate surface area is 115 Å². The number of nitrogens with one attached hydrogen (secondary N) is 1. The van der Waals surface area contributed by atoms with Crippen LogP contribution in [-0.2, 0) is 0 Å². The summed E-state index contributed by atoms with van der Waals surface area (Å²) in [6.45, 7) is 7.21. The zero-order chi connectivity index (χ0) is 14.3. The van der Waals surface area contributed by atoms with Crippen LogP contribution in [0, 0.1) is 5.92 Å². The van der Waals surface area contributed by atoms with Gasteiger partial charge >= 0.3 is 0 Å². The summed E-state index contributed by atoms with van der Waals surface area (Å²) in [6.07, 6.45) is -0.521. The molecule has 19 heavy (non-hydrogen) atoms. The maximum absolute atomic E-state index is 9.85. The van der Waals surface area contributed by atoms with E-state index in [-0.39, 0.29) is 6.61 Å². The smallest absolute Gasteiger partial charge is 0.123 e. The molecule has 4 nitrogen and oxygen atoms in total. The van der Waals surface area contributed by atoms with E-state index in [0.717, 1.165) is 5.75 Å². The molecule has 0 aliphatic carbocycles. The summed E-state index contributed by atoms with van der Waals surface area (Å²) in [5.74, 6) is 2.00. The van der Waals surface area contributed by atoms with Crippen LogP contribution in [0.3, 0.4) is 0 Å². The lowest BCUT2D eigenvalue weighted by atomic mass is 10.1. The van der Waals surface area contributed by atoms with E-state index in [4.69, 9.17) is 9.47 Å². The summed E-state index contributed by atoms with van der Waals surface area (Å²) < 4.78 is 10.6. The lowest BCUT2D eigenvalue weighted by molar-refractivity contribution is 0.102. The van der Waals surface area contributed by atoms with Gasteiger partial charge in [-0.25, -0.2) is 0 Å². The minimum Gasteiger partial charge on any atom is -0.497 e. The molecule has 0 radical (unpaired) electrons. The van der Waals surface area contributed by atoms with Gasteiger partial charge in [-0.05, 0) is 25.0 Å². The van der Waals surface area contributed by atoms with E-state index in [2.05, 4.69) is 26.1 Å². The second-order valence-corrected chi connectivity index (χ2v) is 5.08. The van der Waals surface area contributed by atoms with Crippen molar-refractivity contribution in [3.05, 3.63) is 24.3 Å². The number of aliphatic hydroxyl groups is 1. The summed E-state index contributed by atoms with van der Waals surface area (Å²) in [7, 11) is 1.62. The van der Waals surface area contributed by atoms with Crippen LogP contribution >= 0.6 is 0 Å². The first kappa shape index (κ1) is 15.8. The molecule has 0 fully saturated rings. The van der Waals surface area contributed by atoms with Crippen LogP contribution in [0.5, 0.6) is 11.5 Å².